The molecule has 0 bridgehead atoms. The quantitative estimate of drug-likeness (QED) is 0.900. The van der Waals surface area contributed by atoms with Crippen LogP contribution in [0.3, 0.4) is 0 Å². The van der Waals surface area contributed by atoms with E-state index in [1.807, 2.05) is 36.2 Å². The van der Waals surface area contributed by atoms with Crippen LogP contribution in [0.25, 0.3) is 0 Å². The van der Waals surface area contributed by atoms with Crippen LogP contribution in [-0.4, -0.2) is 44.2 Å². The minimum atomic E-state index is 0. The van der Waals surface area contributed by atoms with Crippen molar-refractivity contribution in [1.82, 2.24) is 10.2 Å². The third-order valence-electron chi connectivity index (χ3n) is 2.88. The van der Waals surface area contributed by atoms with Crippen molar-refractivity contribution in [2.24, 2.45) is 0 Å². The molecule has 1 aromatic rings. The Morgan fingerprint density at radius 1 is 1.28 bits per heavy atom. The molecule has 0 spiro atoms. The summed E-state index contributed by atoms with van der Waals surface area (Å²) >= 11 is 0. The minimum absolute atomic E-state index is 0. The molecule has 2 rings (SSSR count). The fraction of sp³-hybridized carbons (Fsp3) is 0.462. The third-order valence-corrected chi connectivity index (χ3v) is 2.88. The summed E-state index contributed by atoms with van der Waals surface area (Å²) in [6.45, 7) is 3.49. The second kappa shape index (κ2) is 7.36. The molecular weight excluding hydrogens is 252 g/mol. The van der Waals surface area contributed by atoms with Gasteiger partial charge in [-0.1, -0.05) is 12.1 Å². The van der Waals surface area contributed by atoms with Gasteiger partial charge in [-0.25, -0.2) is 0 Å². The van der Waals surface area contributed by atoms with Gasteiger partial charge in [0.05, 0.1) is 13.2 Å². The summed E-state index contributed by atoms with van der Waals surface area (Å²) in [5.74, 6) is 0.101. The Morgan fingerprint density at radius 2 is 1.89 bits per heavy atom. The molecule has 0 saturated carbocycles. The predicted octanol–water partition coefficient (Wildman–Crippen LogP) is 1.30. The maximum absolute atomic E-state index is 12.1. The van der Waals surface area contributed by atoms with Gasteiger partial charge in [-0.2, -0.15) is 0 Å². The number of hydrogen-bond donors (Lipinski definition) is 1. The van der Waals surface area contributed by atoms with E-state index in [1.165, 1.54) is 5.56 Å². The molecule has 1 N–H and O–H groups in total. The van der Waals surface area contributed by atoms with Crippen molar-refractivity contribution < 1.29 is 9.53 Å². The molecule has 1 aromatic carbocycles. The van der Waals surface area contributed by atoms with Crippen molar-refractivity contribution in [1.29, 1.82) is 0 Å². The van der Waals surface area contributed by atoms with Crippen molar-refractivity contribution in [2.45, 2.75) is 6.54 Å². The van der Waals surface area contributed by atoms with E-state index < -0.39 is 0 Å². The van der Waals surface area contributed by atoms with Crippen LogP contribution in [0.5, 0.6) is 0 Å². The summed E-state index contributed by atoms with van der Waals surface area (Å²) in [5, 5.41) is 3.08. The second-order valence-electron chi connectivity index (χ2n) is 4.13. The highest BCUT2D eigenvalue weighted by Crippen LogP contribution is 2.09. The summed E-state index contributed by atoms with van der Waals surface area (Å²) in [5.41, 5.74) is 1.94. The first-order valence-corrected chi connectivity index (χ1v) is 5.92. The first-order chi connectivity index (χ1) is 8.31. The zero-order chi connectivity index (χ0) is 12.1. The van der Waals surface area contributed by atoms with E-state index in [0.29, 0.717) is 26.3 Å². The zero-order valence-electron chi connectivity index (χ0n) is 10.5. The lowest BCUT2D eigenvalue weighted by Crippen LogP contribution is -2.40. The van der Waals surface area contributed by atoms with E-state index in [2.05, 4.69) is 5.32 Å². The normalized spacial score (nSPS) is 15.1. The van der Waals surface area contributed by atoms with E-state index >= 15 is 0 Å². The maximum atomic E-state index is 12.1. The minimum Gasteiger partial charge on any atom is -0.378 e. The number of hydrogen-bond acceptors (Lipinski definition) is 3. The fourth-order valence-electron chi connectivity index (χ4n) is 1.92. The molecule has 0 aliphatic carbocycles. The molecule has 1 aliphatic heterocycles. The molecule has 4 nitrogen and oxygen atoms in total. The van der Waals surface area contributed by atoms with Gasteiger partial charge in [-0.05, 0) is 24.7 Å². The average Bonchev–Trinajstić information content (AvgIpc) is 2.40. The van der Waals surface area contributed by atoms with Crippen LogP contribution in [0, 0.1) is 0 Å². The number of rotatable bonds is 3. The molecule has 0 radical (unpaired) electrons. The fourth-order valence-corrected chi connectivity index (χ4v) is 1.92. The van der Waals surface area contributed by atoms with Crippen LogP contribution in [0.2, 0.25) is 0 Å². The Kier molecular flexibility index (Phi) is 6.12. The van der Waals surface area contributed by atoms with Gasteiger partial charge in [-0.15, -0.1) is 12.4 Å². The van der Waals surface area contributed by atoms with Crippen LogP contribution in [-0.2, 0) is 11.3 Å². The summed E-state index contributed by atoms with van der Waals surface area (Å²) in [7, 11) is 1.91. The van der Waals surface area contributed by atoms with Gasteiger partial charge in [0, 0.05) is 25.2 Å². The van der Waals surface area contributed by atoms with Gasteiger partial charge < -0.3 is 15.0 Å². The molecule has 1 aliphatic rings. The van der Waals surface area contributed by atoms with Crippen LogP contribution in [0.4, 0.5) is 0 Å². The highest BCUT2D eigenvalue weighted by Gasteiger charge is 2.17. The SMILES string of the molecule is CNCc1ccc(C(=O)N2CCOCC2)cc1.Cl. The zero-order valence-corrected chi connectivity index (χ0v) is 11.3. The molecule has 5 heteroatoms. The number of ether oxygens (including phenoxy) is 1. The Hall–Kier alpha value is -1.10. The number of carbonyl (C=O) groups excluding carboxylic acids is 1. The molecule has 1 fully saturated rings. The molecule has 1 amide bonds. The second-order valence-corrected chi connectivity index (χ2v) is 4.13. The Labute approximate surface area is 114 Å². The van der Waals surface area contributed by atoms with Crippen molar-refractivity contribution in [3.63, 3.8) is 0 Å². The van der Waals surface area contributed by atoms with Gasteiger partial charge in [0.1, 0.15) is 0 Å². The van der Waals surface area contributed by atoms with E-state index in [0.717, 1.165) is 12.1 Å². The highest BCUT2D eigenvalue weighted by atomic mass is 35.5. The standard InChI is InChI=1S/C13H18N2O2.ClH/c1-14-10-11-2-4-12(5-3-11)13(16)15-6-8-17-9-7-15;/h2-5,14H,6-10H2,1H3;1H. The van der Waals surface area contributed by atoms with Crippen LogP contribution < -0.4 is 5.32 Å². The lowest BCUT2D eigenvalue weighted by molar-refractivity contribution is 0.0303. The number of halogens is 1. The van der Waals surface area contributed by atoms with Gasteiger partial charge in [0.25, 0.3) is 5.91 Å². The van der Waals surface area contributed by atoms with Gasteiger partial charge in [-0.3, -0.25) is 4.79 Å². The van der Waals surface area contributed by atoms with Crippen LogP contribution >= 0.6 is 12.4 Å². The van der Waals surface area contributed by atoms with E-state index in [-0.39, 0.29) is 18.3 Å². The third kappa shape index (κ3) is 3.70. The van der Waals surface area contributed by atoms with E-state index in [4.69, 9.17) is 4.74 Å². The first-order valence-electron chi connectivity index (χ1n) is 5.92. The highest BCUT2D eigenvalue weighted by molar-refractivity contribution is 5.94. The molecule has 100 valence electrons. The topological polar surface area (TPSA) is 41.6 Å². The molecule has 0 atom stereocenters. The number of morpholine rings is 1. The lowest BCUT2D eigenvalue weighted by atomic mass is 10.1. The first kappa shape index (κ1) is 15.0. The lowest BCUT2D eigenvalue weighted by Gasteiger charge is -2.26. The number of benzene rings is 1. The Balaban J connectivity index is 0.00000162. The summed E-state index contributed by atoms with van der Waals surface area (Å²) < 4.78 is 5.23. The van der Waals surface area contributed by atoms with Crippen LogP contribution in [0.15, 0.2) is 24.3 Å². The predicted molar refractivity (Wildman–Crippen MR) is 73.2 cm³/mol. The smallest absolute Gasteiger partial charge is 0.254 e. The molecular formula is C13H19ClN2O2. The van der Waals surface area contributed by atoms with Crippen molar-refractivity contribution >= 4 is 18.3 Å². The Morgan fingerprint density at radius 3 is 2.44 bits per heavy atom. The van der Waals surface area contributed by atoms with E-state index in [9.17, 15) is 4.79 Å². The summed E-state index contributed by atoms with van der Waals surface area (Å²) in [6.07, 6.45) is 0. The Bertz CT molecular complexity index is 375. The van der Waals surface area contributed by atoms with Crippen LogP contribution in [0.1, 0.15) is 15.9 Å². The van der Waals surface area contributed by atoms with Crippen molar-refractivity contribution in [3.05, 3.63) is 35.4 Å². The maximum Gasteiger partial charge on any atom is 0.254 e. The summed E-state index contributed by atoms with van der Waals surface area (Å²) in [6, 6.07) is 7.77. The molecule has 0 unspecified atom stereocenters. The summed E-state index contributed by atoms with van der Waals surface area (Å²) in [4.78, 5) is 14.0. The average molecular weight is 271 g/mol. The monoisotopic (exact) mass is 270 g/mol. The van der Waals surface area contributed by atoms with Crippen molar-refractivity contribution in [3.8, 4) is 0 Å². The molecule has 1 heterocycles. The number of carbonyl (C=O) groups is 1. The van der Waals surface area contributed by atoms with Gasteiger partial charge in [0.15, 0.2) is 0 Å². The number of nitrogens with one attached hydrogen (secondary N) is 1. The van der Waals surface area contributed by atoms with E-state index in [1.54, 1.807) is 0 Å². The van der Waals surface area contributed by atoms with Crippen molar-refractivity contribution in [2.75, 3.05) is 33.4 Å². The van der Waals surface area contributed by atoms with Gasteiger partial charge in [0.2, 0.25) is 0 Å². The molecule has 18 heavy (non-hydrogen) atoms. The number of nitrogens with zero attached hydrogens (tertiary/aromatic N) is 1. The van der Waals surface area contributed by atoms with Gasteiger partial charge >= 0.3 is 0 Å². The largest absolute Gasteiger partial charge is 0.378 e. The molecule has 0 aromatic heterocycles. The number of amides is 1. The molecule has 1 saturated heterocycles.